The fraction of sp³-hybridized carbons (Fsp3) is 0. The number of sulfonamides is 1. The van der Waals surface area contributed by atoms with Crippen LogP contribution in [0, 0.1) is 3.57 Å². The van der Waals surface area contributed by atoms with Crippen LogP contribution in [0.5, 0.6) is 0 Å². The van der Waals surface area contributed by atoms with Crippen LogP contribution in [0.2, 0.25) is 5.02 Å². The molecule has 0 spiro atoms. The molecule has 0 amide bonds. The second kappa shape index (κ2) is 7.73. The fourth-order valence-electron chi connectivity index (χ4n) is 2.27. The van der Waals surface area contributed by atoms with Gasteiger partial charge in [0.05, 0.1) is 10.6 Å². The number of carbonyl (C=O) groups excluding carboxylic acids is 1. The summed E-state index contributed by atoms with van der Waals surface area (Å²) in [5, 5.41) is 0.333. The molecule has 0 bridgehead atoms. The molecule has 0 aliphatic carbocycles. The lowest BCUT2D eigenvalue weighted by Gasteiger charge is -2.13. The molecule has 1 N–H and O–H groups in total. The van der Waals surface area contributed by atoms with Crippen LogP contribution in [0.25, 0.3) is 0 Å². The van der Waals surface area contributed by atoms with Crippen molar-refractivity contribution < 1.29 is 13.2 Å². The highest BCUT2D eigenvalue weighted by atomic mass is 127. The number of aromatic nitrogens is 1. The largest absolute Gasteiger partial charge is 0.289 e. The van der Waals surface area contributed by atoms with Gasteiger partial charge in [-0.15, -0.1) is 0 Å². The van der Waals surface area contributed by atoms with Crippen molar-refractivity contribution in [1.29, 1.82) is 0 Å². The summed E-state index contributed by atoms with van der Waals surface area (Å²) in [6.07, 6.45) is 2.99. The number of anilines is 1. The molecule has 0 radical (unpaired) electrons. The van der Waals surface area contributed by atoms with Crippen molar-refractivity contribution in [2.75, 3.05) is 4.72 Å². The van der Waals surface area contributed by atoms with Crippen LogP contribution in [0.4, 0.5) is 5.69 Å². The van der Waals surface area contributed by atoms with Gasteiger partial charge in [0.25, 0.3) is 10.0 Å². The van der Waals surface area contributed by atoms with Crippen molar-refractivity contribution in [2.24, 2.45) is 0 Å². The molecule has 0 saturated heterocycles. The monoisotopic (exact) mass is 498 g/mol. The molecule has 26 heavy (non-hydrogen) atoms. The van der Waals surface area contributed by atoms with Crippen molar-refractivity contribution in [3.05, 3.63) is 86.7 Å². The summed E-state index contributed by atoms with van der Waals surface area (Å²) in [6.45, 7) is 0. The predicted octanol–water partition coefficient (Wildman–Crippen LogP) is 4.37. The minimum atomic E-state index is -3.84. The smallest absolute Gasteiger partial charge is 0.261 e. The summed E-state index contributed by atoms with van der Waals surface area (Å²) in [4.78, 5) is 16.7. The Bertz CT molecular complexity index is 1060. The van der Waals surface area contributed by atoms with Gasteiger partial charge in [0, 0.05) is 32.1 Å². The maximum absolute atomic E-state index is 12.8. The lowest BCUT2D eigenvalue weighted by atomic mass is 10.0. The Morgan fingerprint density at radius 1 is 1.00 bits per heavy atom. The van der Waals surface area contributed by atoms with E-state index in [4.69, 9.17) is 11.6 Å². The lowest BCUT2D eigenvalue weighted by Crippen LogP contribution is -2.16. The third-order valence-corrected chi connectivity index (χ3v) is 5.87. The maximum atomic E-state index is 12.8. The van der Waals surface area contributed by atoms with E-state index >= 15 is 0 Å². The van der Waals surface area contributed by atoms with Crippen LogP contribution in [0.1, 0.15) is 15.9 Å². The predicted molar refractivity (Wildman–Crippen MR) is 109 cm³/mol. The third-order valence-electron chi connectivity index (χ3n) is 3.54. The number of halogens is 2. The summed E-state index contributed by atoms with van der Waals surface area (Å²) >= 11 is 8.10. The second-order valence-electron chi connectivity index (χ2n) is 5.31. The number of benzene rings is 2. The van der Waals surface area contributed by atoms with Gasteiger partial charge < -0.3 is 0 Å². The summed E-state index contributed by atoms with van der Waals surface area (Å²) in [5.41, 5.74) is 0.713. The molecule has 132 valence electrons. The first kappa shape index (κ1) is 18.8. The van der Waals surface area contributed by atoms with Gasteiger partial charge in [-0.3, -0.25) is 14.5 Å². The van der Waals surface area contributed by atoms with Gasteiger partial charge in [-0.1, -0.05) is 11.6 Å². The van der Waals surface area contributed by atoms with Gasteiger partial charge in [-0.2, -0.15) is 0 Å². The summed E-state index contributed by atoms with van der Waals surface area (Å²) in [6, 6.07) is 13.9. The highest BCUT2D eigenvalue weighted by molar-refractivity contribution is 14.1. The standard InChI is InChI=1S/C18H12ClIN2O3S/c19-13-1-6-17(16(11-13)18(23)12-7-9-21-10-8-12)22-26(24,25)15-4-2-14(20)3-5-15/h1-11,22H. The average Bonchev–Trinajstić information content (AvgIpc) is 2.63. The van der Waals surface area contributed by atoms with E-state index in [0.29, 0.717) is 10.6 Å². The number of nitrogens with zero attached hydrogens (tertiary/aromatic N) is 1. The Morgan fingerprint density at radius 3 is 2.31 bits per heavy atom. The zero-order valence-electron chi connectivity index (χ0n) is 13.2. The topological polar surface area (TPSA) is 76.1 Å². The van der Waals surface area contributed by atoms with E-state index in [1.165, 1.54) is 42.7 Å². The number of pyridine rings is 1. The number of hydrogen-bond donors (Lipinski definition) is 1. The Labute approximate surface area is 169 Å². The van der Waals surface area contributed by atoms with E-state index in [2.05, 4.69) is 32.3 Å². The highest BCUT2D eigenvalue weighted by Gasteiger charge is 2.20. The fourth-order valence-corrected chi connectivity index (χ4v) is 3.88. The van der Waals surface area contributed by atoms with Crippen LogP contribution in [-0.4, -0.2) is 19.2 Å². The molecule has 0 fully saturated rings. The molecule has 8 heteroatoms. The van der Waals surface area contributed by atoms with Gasteiger partial charge in [-0.05, 0) is 77.2 Å². The molecule has 3 rings (SSSR count). The van der Waals surface area contributed by atoms with Gasteiger partial charge in [0.2, 0.25) is 0 Å². The zero-order chi connectivity index (χ0) is 18.7. The average molecular weight is 499 g/mol. The van der Waals surface area contributed by atoms with Gasteiger partial charge in [-0.25, -0.2) is 8.42 Å². The minimum absolute atomic E-state index is 0.107. The minimum Gasteiger partial charge on any atom is -0.289 e. The number of rotatable bonds is 5. The third kappa shape index (κ3) is 4.22. The van der Waals surface area contributed by atoms with E-state index in [1.54, 1.807) is 24.3 Å². The number of hydrogen-bond acceptors (Lipinski definition) is 4. The zero-order valence-corrected chi connectivity index (χ0v) is 16.9. The maximum Gasteiger partial charge on any atom is 0.261 e. The Kier molecular flexibility index (Phi) is 5.59. The molecule has 0 atom stereocenters. The normalized spacial score (nSPS) is 11.2. The first-order valence-corrected chi connectivity index (χ1v) is 10.3. The Hall–Kier alpha value is -1.97. The van der Waals surface area contributed by atoms with Gasteiger partial charge in [0.15, 0.2) is 5.78 Å². The molecule has 0 unspecified atom stereocenters. The van der Waals surface area contributed by atoms with Crippen molar-refractivity contribution in [2.45, 2.75) is 4.90 Å². The van der Waals surface area contributed by atoms with Crippen LogP contribution >= 0.6 is 34.2 Å². The van der Waals surface area contributed by atoms with E-state index in [9.17, 15) is 13.2 Å². The molecule has 0 aliphatic heterocycles. The second-order valence-corrected chi connectivity index (χ2v) is 8.68. The first-order valence-electron chi connectivity index (χ1n) is 7.39. The summed E-state index contributed by atoms with van der Waals surface area (Å²) in [5.74, 6) is -0.352. The van der Waals surface area contributed by atoms with Crippen molar-refractivity contribution in [3.63, 3.8) is 0 Å². The van der Waals surface area contributed by atoms with Gasteiger partial charge in [0.1, 0.15) is 0 Å². The van der Waals surface area contributed by atoms with Gasteiger partial charge >= 0.3 is 0 Å². The van der Waals surface area contributed by atoms with Crippen molar-refractivity contribution in [3.8, 4) is 0 Å². The molecular formula is C18H12ClIN2O3S. The summed E-state index contributed by atoms with van der Waals surface area (Å²) in [7, 11) is -3.84. The number of ketones is 1. The molecular weight excluding hydrogens is 487 g/mol. The number of nitrogens with one attached hydrogen (secondary N) is 1. The Balaban J connectivity index is 2.01. The molecule has 3 aromatic rings. The van der Waals surface area contributed by atoms with Crippen LogP contribution in [0.3, 0.4) is 0 Å². The number of carbonyl (C=O) groups is 1. The van der Waals surface area contributed by atoms with Crippen LogP contribution in [-0.2, 0) is 10.0 Å². The SMILES string of the molecule is O=C(c1ccncc1)c1cc(Cl)ccc1NS(=O)(=O)c1ccc(I)cc1. The summed E-state index contributed by atoms with van der Waals surface area (Å²) < 4.78 is 28.7. The highest BCUT2D eigenvalue weighted by Crippen LogP contribution is 2.26. The molecule has 0 aliphatic rings. The van der Waals surface area contributed by atoms with E-state index < -0.39 is 10.0 Å². The van der Waals surface area contributed by atoms with E-state index in [-0.39, 0.29) is 21.9 Å². The van der Waals surface area contributed by atoms with E-state index in [1.807, 2.05) is 0 Å². The molecule has 1 aromatic heterocycles. The quantitative estimate of drug-likeness (QED) is 0.419. The lowest BCUT2D eigenvalue weighted by molar-refractivity contribution is 0.103. The van der Waals surface area contributed by atoms with E-state index in [0.717, 1.165) is 3.57 Å². The van der Waals surface area contributed by atoms with Crippen molar-refractivity contribution in [1.82, 2.24) is 4.98 Å². The molecule has 2 aromatic carbocycles. The van der Waals surface area contributed by atoms with Crippen LogP contribution in [0.15, 0.2) is 71.9 Å². The van der Waals surface area contributed by atoms with Crippen LogP contribution < -0.4 is 4.72 Å². The van der Waals surface area contributed by atoms with Crippen molar-refractivity contribution >= 4 is 55.7 Å². The Morgan fingerprint density at radius 2 is 1.65 bits per heavy atom. The molecule has 0 saturated carbocycles. The first-order chi connectivity index (χ1) is 12.4. The molecule has 1 heterocycles. The molecule has 5 nitrogen and oxygen atoms in total.